The highest BCUT2D eigenvalue weighted by Gasteiger charge is 2.31. The quantitative estimate of drug-likeness (QED) is 0.116. The third kappa shape index (κ3) is 7.77. The van der Waals surface area contributed by atoms with Crippen LogP contribution in [0.25, 0.3) is 0 Å². The summed E-state index contributed by atoms with van der Waals surface area (Å²) in [5.74, 6) is -0.973. The van der Waals surface area contributed by atoms with Crippen molar-refractivity contribution in [2.75, 3.05) is 5.73 Å². The average Bonchev–Trinajstić information content (AvgIpc) is 2.92. The Morgan fingerprint density at radius 3 is 1.93 bits per heavy atom. The van der Waals surface area contributed by atoms with E-state index in [4.69, 9.17) is 43.5 Å². The number of aromatic carboxylic acids is 1. The van der Waals surface area contributed by atoms with Crippen LogP contribution in [0.4, 0.5) is 30.2 Å². The minimum absolute atomic E-state index is 0.0352. The predicted molar refractivity (Wildman–Crippen MR) is 146 cm³/mol. The number of halogens is 5. The van der Waals surface area contributed by atoms with Crippen LogP contribution >= 0.6 is 23.2 Å². The van der Waals surface area contributed by atoms with Crippen molar-refractivity contribution in [3.8, 4) is 23.0 Å². The Labute approximate surface area is 243 Å². The van der Waals surface area contributed by atoms with E-state index in [9.17, 15) is 38.2 Å². The van der Waals surface area contributed by atoms with Crippen LogP contribution in [0, 0.1) is 20.2 Å². The van der Waals surface area contributed by atoms with Crippen LogP contribution in [-0.2, 0) is 6.18 Å². The molecule has 11 nitrogen and oxygen atoms in total. The number of hydrogen-bond donors (Lipinski definition) is 2. The van der Waals surface area contributed by atoms with Crippen molar-refractivity contribution in [3.63, 3.8) is 0 Å². The zero-order valence-corrected chi connectivity index (χ0v) is 22.2. The first-order valence-electron chi connectivity index (χ1n) is 11.2. The molecule has 0 heterocycles. The van der Waals surface area contributed by atoms with Crippen LogP contribution in [0.15, 0.2) is 78.9 Å². The second-order valence-corrected chi connectivity index (χ2v) is 8.75. The van der Waals surface area contributed by atoms with Crippen LogP contribution in [0.1, 0.15) is 15.9 Å². The van der Waals surface area contributed by atoms with Crippen LogP contribution in [0.2, 0.25) is 10.0 Å². The largest absolute Gasteiger partial charge is 0.477 e. The molecule has 0 unspecified atom stereocenters. The summed E-state index contributed by atoms with van der Waals surface area (Å²) in [7, 11) is 0. The number of para-hydroxylation sites is 1. The number of hydrogen-bond acceptors (Lipinski definition) is 8. The maximum atomic E-state index is 12.6. The van der Waals surface area contributed by atoms with Gasteiger partial charge in [-0.25, -0.2) is 4.79 Å². The van der Waals surface area contributed by atoms with Gasteiger partial charge in [-0.05, 0) is 42.5 Å². The van der Waals surface area contributed by atoms with Crippen molar-refractivity contribution >= 4 is 46.2 Å². The van der Waals surface area contributed by atoms with E-state index in [1.165, 1.54) is 12.1 Å². The molecule has 4 aromatic rings. The van der Waals surface area contributed by atoms with Crippen molar-refractivity contribution in [3.05, 3.63) is 120 Å². The van der Waals surface area contributed by atoms with Gasteiger partial charge in [0.2, 0.25) is 0 Å². The number of nitro benzene ring substituents is 2. The fourth-order valence-electron chi connectivity index (χ4n) is 3.21. The Kier molecular flexibility index (Phi) is 9.78. The van der Waals surface area contributed by atoms with Crippen molar-refractivity contribution < 1.29 is 42.4 Å². The topological polar surface area (TPSA) is 168 Å². The van der Waals surface area contributed by atoms with E-state index in [2.05, 4.69) is 0 Å². The number of rotatable bonds is 7. The van der Waals surface area contributed by atoms with Gasteiger partial charge in [0.25, 0.3) is 11.4 Å². The minimum atomic E-state index is -4.58. The lowest BCUT2D eigenvalue weighted by molar-refractivity contribution is -0.385. The van der Waals surface area contributed by atoms with E-state index in [-0.39, 0.29) is 38.7 Å². The van der Waals surface area contributed by atoms with Gasteiger partial charge < -0.3 is 20.3 Å². The predicted octanol–water partition coefficient (Wildman–Crippen LogP) is 8.38. The number of nitro groups is 2. The lowest BCUT2D eigenvalue weighted by Crippen LogP contribution is -2.05. The zero-order chi connectivity index (χ0) is 31.2. The molecule has 0 fully saturated rings. The first-order valence-corrected chi connectivity index (χ1v) is 12.0. The molecule has 0 aromatic heterocycles. The summed E-state index contributed by atoms with van der Waals surface area (Å²) in [6.07, 6.45) is -4.58. The molecule has 0 saturated carbocycles. The molecular formula is C26H16Cl2F3N3O8. The molecule has 0 radical (unpaired) electrons. The summed E-state index contributed by atoms with van der Waals surface area (Å²) in [5, 5.41) is 30.1. The maximum absolute atomic E-state index is 12.6. The number of nitrogens with two attached hydrogens (primary N) is 1. The standard InChI is InChI=1S/C14H7ClF3NO5.C12H9ClN2O3/c15-10-5-7(14(16,17)18)1-4-12(10)24-8-2-3-11(19(22)23)9(6-8)13(20)21;13-11-10(18-8-4-2-1-3-5-8)7-6-9(12(11)14)15(16)17/h1-6H,(H,20,21);1-7H,14H2. The fraction of sp³-hybridized carbons (Fsp3) is 0.0385. The molecule has 16 heteroatoms. The first kappa shape index (κ1) is 31.4. The third-order valence-corrected chi connectivity index (χ3v) is 5.86. The Balaban J connectivity index is 0.000000240. The number of carbonyl (C=O) groups is 1. The minimum Gasteiger partial charge on any atom is -0.477 e. The summed E-state index contributed by atoms with van der Waals surface area (Å²) in [5.41, 5.74) is 3.00. The lowest BCUT2D eigenvalue weighted by Gasteiger charge is -2.11. The van der Waals surface area contributed by atoms with Gasteiger partial charge >= 0.3 is 12.1 Å². The van der Waals surface area contributed by atoms with Gasteiger partial charge in [-0.2, -0.15) is 13.2 Å². The fourth-order valence-corrected chi connectivity index (χ4v) is 3.63. The van der Waals surface area contributed by atoms with Gasteiger partial charge in [-0.1, -0.05) is 41.4 Å². The van der Waals surface area contributed by atoms with Crippen LogP contribution in [-0.4, -0.2) is 20.9 Å². The van der Waals surface area contributed by atoms with Crippen LogP contribution in [0.5, 0.6) is 23.0 Å². The SMILES string of the molecule is Nc1c([N+](=O)[O-])ccc(Oc2ccccc2)c1Cl.O=C(O)c1cc(Oc2ccc(C(F)(F)F)cc2Cl)ccc1[N+](=O)[O-]. The summed E-state index contributed by atoms with van der Waals surface area (Å²) < 4.78 is 48.4. The summed E-state index contributed by atoms with van der Waals surface area (Å²) in [6, 6.07) is 16.9. The first-order chi connectivity index (χ1) is 19.7. The molecule has 218 valence electrons. The van der Waals surface area contributed by atoms with Gasteiger partial charge in [0.05, 0.1) is 20.4 Å². The average molecular weight is 626 g/mol. The van der Waals surface area contributed by atoms with E-state index in [0.29, 0.717) is 11.8 Å². The Hall–Kier alpha value is -5.08. The van der Waals surface area contributed by atoms with Crippen molar-refractivity contribution in [1.82, 2.24) is 0 Å². The molecule has 0 amide bonds. The monoisotopic (exact) mass is 625 g/mol. The summed E-state index contributed by atoms with van der Waals surface area (Å²) in [4.78, 5) is 31.0. The van der Waals surface area contributed by atoms with Crippen molar-refractivity contribution in [2.45, 2.75) is 6.18 Å². The van der Waals surface area contributed by atoms with Gasteiger partial charge in [0.15, 0.2) is 0 Å². The van der Waals surface area contributed by atoms with Crippen LogP contribution in [0.3, 0.4) is 0 Å². The van der Waals surface area contributed by atoms with Gasteiger partial charge in [-0.15, -0.1) is 0 Å². The Bertz CT molecular complexity index is 1650. The third-order valence-electron chi connectivity index (χ3n) is 5.17. The molecule has 4 rings (SSSR count). The van der Waals surface area contributed by atoms with E-state index >= 15 is 0 Å². The second-order valence-electron chi connectivity index (χ2n) is 7.97. The second kappa shape index (κ2) is 13.1. The smallest absolute Gasteiger partial charge is 0.416 e. The molecule has 0 aliphatic carbocycles. The number of nitrogen functional groups attached to an aromatic ring is 1. The van der Waals surface area contributed by atoms with Crippen molar-refractivity contribution in [2.24, 2.45) is 0 Å². The number of ether oxygens (including phenoxy) is 2. The van der Waals surface area contributed by atoms with Gasteiger partial charge in [0, 0.05) is 18.2 Å². The number of alkyl halides is 3. The zero-order valence-electron chi connectivity index (χ0n) is 20.7. The van der Waals surface area contributed by atoms with Gasteiger partial charge in [-0.3, -0.25) is 20.2 Å². The maximum Gasteiger partial charge on any atom is 0.416 e. The highest BCUT2D eigenvalue weighted by Crippen LogP contribution is 2.39. The molecule has 3 N–H and O–H groups in total. The molecule has 0 aliphatic heterocycles. The highest BCUT2D eigenvalue weighted by atomic mass is 35.5. The Morgan fingerprint density at radius 2 is 1.38 bits per heavy atom. The summed E-state index contributed by atoms with van der Waals surface area (Å²) >= 11 is 11.7. The molecule has 0 saturated heterocycles. The molecule has 0 bridgehead atoms. The van der Waals surface area contributed by atoms with E-state index in [1.807, 2.05) is 6.07 Å². The van der Waals surface area contributed by atoms with Crippen LogP contribution < -0.4 is 15.2 Å². The number of benzene rings is 4. The van der Waals surface area contributed by atoms with E-state index in [1.54, 1.807) is 24.3 Å². The summed E-state index contributed by atoms with van der Waals surface area (Å²) in [6.45, 7) is 0. The molecule has 0 atom stereocenters. The molecule has 42 heavy (non-hydrogen) atoms. The highest BCUT2D eigenvalue weighted by molar-refractivity contribution is 6.35. The molecule has 0 spiro atoms. The number of carboxylic acids is 1. The molecular weight excluding hydrogens is 610 g/mol. The molecule has 4 aromatic carbocycles. The normalized spacial score (nSPS) is 10.7. The Morgan fingerprint density at radius 1 is 0.810 bits per heavy atom. The molecule has 0 aliphatic rings. The van der Waals surface area contributed by atoms with E-state index in [0.717, 1.165) is 30.3 Å². The van der Waals surface area contributed by atoms with E-state index < -0.39 is 38.8 Å². The number of anilines is 1. The lowest BCUT2D eigenvalue weighted by atomic mass is 10.1. The van der Waals surface area contributed by atoms with Gasteiger partial charge in [0.1, 0.15) is 39.3 Å². The number of carboxylic acid groups (broad SMARTS) is 1. The van der Waals surface area contributed by atoms with Crippen molar-refractivity contribution in [1.29, 1.82) is 0 Å². The number of nitrogens with zero attached hydrogens (tertiary/aromatic N) is 2.